The zero-order valence-corrected chi connectivity index (χ0v) is 12.5. The molecule has 0 bridgehead atoms. The minimum Gasteiger partial charge on any atom is -0.451 e. The predicted octanol–water partition coefficient (Wildman–Crippen LogP) is 2.24. The van der Waals surface area contributed by atoms with Crippen molar-refractivity contribution in [1.82, 2.24) is 10.6 Å². The summed E-state index contributed by atoms with van der Waals surface area (Å²) >= 11 is 0. The molecule has 0 unspecified atom stereocenters. The highest BCUT2D eigenvalue weighted by Gasteiger charge is 2.16. The summed E-state index contributed by atoms with van der Waals surface area (Å²) in [6, 6.07) is 7.54. The Balaban J connectivity index is 1.94. The molecule has 21 heavy (non-hydrogen) atoms. The molecule has 5 nitrogen and oxygen atoms in total. The van der Waals surface area contributed by atoms with E-state index in [1.165, 1.54) is 0 Å². The van der Waals surface area contributed by atoms with Gasteiger partial charge in [-0.1, -0.05) is 32.0 Å². The summed E-state index contributed by atoms with van der Waals surface area (Å²) in [6.45, 7) is 6.29. The van der Waals surface area contributed by atoms with Crippen LogP contribution < -0.4 is 10.6 Å². The minimum absolute atomic E-state index is 0.0239. The summed E-state index contributed by atoms with van der Waals surface area (Å²) in [6.07, 6.45) is 0. The van der Waals surface area contributed by atoms with Crippen LogP contribution in [0.4, 0.5) is 0 Å². The number of carbonyl (C=O) groups is 2. The SMILES string of the molecule is Cc1c(C(=O)NCCNC(=O)C(C)C)oc2ccccc12. The Bertz CT molecular complexity index is 659. The summed E-state index contributed by atoms with van der Waals surface area (Å²) < 4.78 is 5.58. The van der Waals surface area contributed by atoms with Crippen LogP contribution in [0.5, 0.6) is 0 Å². The number of aryl methyl sites for hydroxylation is 1. The first-order valence-electron chi connectivity index (χ1n) is 7.04. The number of furan rings is 1. The average Bonchev–Trinajstić information content (AvgIpc) is 2.81. The molecular formula is C16H20N2O3. The number of carbonyl (C=O) groups excluding carboxylic acids is 2. The Hall–Kier alpha value is -2.30. The molecule has 0 aliphatic rings. The highest BCUT2D eigenvalue weighted by atomic mass is 16.3. The molecule has 1 heterocycles. The number of hydrogen-bond donors (Lipinski definition) is 2. The molecule has 5 heteroatoms. The second-order valence-electron chi connectivity index (χ2n) is 5.25. The van der Waals surface area contributed by atoms with Crippen LogP contribution in [0, 0.1) is 12.8 Å². The standard InChI is InChI=1S/C16H20N2O3/c1-10(2)15(19)17-8-9-18-16(20)14-11(3)12-6-4-5-7-13(12)21-14/h4-7,10H,8-9H2,1-3H3,(H,17,19)(H,18,20). The van der Waals surface area contributed by atoms with Crippen molar-refractivity contribution < 1.29 is 14.0 Å². The van der Waals surface area contributed by atoms with Gasteiger partial charge >= 0.3 is 0 Å². The second kappa shape index (κ2) is 6.43. The lowest BCUT2D eigenvalue weighted by Gasteiger charge is -2.08. The summed E-state index contributed by atoms with van der Waals surface area (Å²) in [5, 5.41) is 6.43. The topological polar surface area (TPSA) is 71.3 Å². The third-order valence-electron chi connectivity index (χ3n) is 3.28. The van der Waals surface area contributed by atoms with E-state index in [1.54, 1.807) is 0 Å². The number of fused-ring (bicyclic) bond motifs is 1. The molecule has 2 aromatic rings. The van der Waals surface area contributed by atoms with Gasteiger partial charge in [0.1, 0.15) is 5.58 Å². The number of hydrogen-bond acceptors (Lipinski definition) is 3. The van der Waals surface area contributed by atoms with Gasteiger partial charge in [-0.25, -0.2) is 0 Å². The molecule has 1 aromatic heterocycles. The van der Waals surface area contributed by atoms with E-state index >= 15 is 0 Å². The molecule has 0 radical (unpaired) electrons. The van der Waals surface area contributed by atoms with Gasteiger partial charge in [0, 0.05) is 30.0 Å². The van der Waals surface area contributed by atoms with Crippen molar-refractivity contribution in [1.29, 1.82) is 0 Å². The zero-order valence-electron chi connectivity index (χ0n) is 12.5. The molecule has 1 aromatic carbocycles. The molecule has 2 N–H and O–H groups in total. The lowest BCUT2D eigenvalue weighted by molar-refractivity contribution is -0.123. The Kier molecular flexibility index (Phi) is 4.62. The third kappa shape index (κ3) is 3.42. The molecule has 0 saturated carbocycles. The van der Waals surface area contributed by atoms with Crippen LogP contribution in [0.25, 0.3) is 11.0 Å². The number of para-hydroxylation sites is 1. The maximum atomic E-state index is 12.1. The van der Waals surface area contributed by atoms with Crippen molar-refractivity contribution in [2.45, 2.75) is 20.8 Å². The first-order valence-corrected chi connectivity index (χ1v) is 7.04. The van der Waals surface area contributed by atoms with Crippen molar-refractivity contribution in [2.24, 2.45) is 5.92 Å². The number of amides is 2. The van der Waals surface area contributed by atoms with Gasteiger partial charge < -0.3 is 15.1 Å². The summed E-state index contributed by atoms with van der Waals surface area (Å²) in [4.78, 5) is 23.5. The van der Waals surface area contributed by atoms with Gasteiger partial charge in [-0.05, 0) is 13.0 Å². The maximum Gasteiger partial charge on any atom is 0.287 e. The molecule has 0 fully saturated rings. The van der Waals surface area contributed by atoms with E-state index in [4.69, 9.17) is 4.42 Å². The molecular weight excluding hydrogens is 268 g/mol. The molecule has 0 saturated heterocycles. The molecule has 0 aliphatic heterocycles. The summed E-state index contributed by atoms with van der Waals surface area (Å²) in [5.74, 6) is -0.0173. The van der Waals surface area contributed by atoms with Crippen LogP contribution in [0.15, 0.2) is 28.7 Å². The normalized spacial score (nSPS) is 10.9. The molecule has 0 aliphatic carbocycles. The van der Waals surface area contributed by atoms with Gasteiger partial charge in [0.05, 0.1) is 0 Å². The second-order valence-corrected chi connectivity index (χ2v) is 5.25. The van der Waals surface area contributed by atoms with E-state index in [0.29, 0.717) is 24.4 Å². The van der Waals surface area contributed by atoms with E-state index in [-0.39, 0.29) is 17.7 Å². The average molecular weight is 288 g/mol. The quantitative estimate of drug-likeness (QED) is 0.829. The minimum atomic E-state index is -0.262. The van der Waals surface area contributed by atoms with E-state index in [9.17, 15) is 9.59 Å². The van der Waals surface area contributed by atoms with Crippen LogP contribution in [0.3, 0.4) is 0 Å². The van der Waals surface area contributed by atoms with Crippen molar-refractivity contribution >= 4 is 22.8 Å². The van der Waals surface area contributed by atoms with Crippen LogP contribution in [0.1, 0.15) is 30.0 Å². The van der Waals surface area contributed by atoms with Crippen molar-refractivity contribution in [2.75, 3.05) is 13.1 Å². The summed E-state index contributed by atoms with van der Waals surface area (Å²) in [5.41, 5.74) is 1.53. The zero-order chi connectivity index (χ0) is 15.4. The fraction of sp³-hybridized carbons (Fsp3) is 0.375. The lowest BCUT2D eigenvalue weighted by atomic mass is 10.1. The van der Waals surface area contributed by atoms with Crippen LogP contribution >= 0.6 is 0 Å². The third-order valence-corrected chi connectivity index (χ3v) is 3.28. The van der Waals surface area contributed by atoms with Crippen LogP contribution in [0.2, 0.25) is 0 Å². The van der Waals surface area contributed by atoms with E-state index in [1.807, 2.05) is 45.0 Å². The Labute approximate surface area is 123 Å². The van der Waals surface area contributed by atoms with Gasteiger partial charge in [-0.15, -0.1) is 0 Å². The first kappa shape index (κ1) is 15.1. The molecule has 112 valence electrons. The monoisotopic (exact) mass is 288 g/mol. The fourth-order valence-corrected chi connectivity index (χ4v) is 2.04. The van der Waals surface area contributed by atoms with Gasteiger partial charge in [0.15, 0.2) is 5.76 Å². The number of rotatable bonds is 5. The number of benzene rings is 1. The largest absolute Gasteiger partial charge is 0.451 e. The van der Waals surface area contributed by atoms with Crippen LogP contribution in [-0.4, -0.2) is 24.9 Å². The predicted molar refractivity (Wildman–Crippen MR) is 81.1 cm³/mol. The fourth-order valence-electron chi connectivity index (χ4n) is 2.04. The van der Waals surface area contributed by atoms with E-state index in [0.717, 1.165) is 10.9 Å². The smallest absolute Gasteiger partial charge is 0.287 e. The van der Waals surface area contributed by atoms with Gasteiger partial charge in [-0.3, -0.25) is 9.59 Å². The van der Waals surface area contributed by atoms with E-state index in [2.05, 4.69) is 10.6 Å². The van der Waals surface area contributed by atoms with Crippen molar-refractivity contribution in [3.8, 4) is 0 Å². The van der Waals surface area contributed by atoms with Crippen LogP contribution in [-0.2, 0) is 4.79 Å². The maximum absolute atomic E-state index is 12.1. The van der Waals surface area contributed by atoms with Gasteiger partial charge in [0.25, 0.3) is 5.91 Å². The number of nitrogens with one attached hydrogen (secondary N) is 2. The lowest BCUT2D eigenvalue weighted by Crippen LogP contribution is -2.36. The highest BCUT2D eigenvalue weighted by Crippen LogP contribution is 2.24. The molecule has 2 amide bonds. The van der Waals surface area contributed by atoms with Crippen molar-refractivity contribution in [3.63, 3.8) is 0 Å². The Morgan fingerprint density at radius 1 is 1.14 bits per heavy atom. The molecule has 2 rings (SSSR count). The van der Waals surface area contributed by atoms with Gasteiger partial charge in [0.2, 0.25) is 5.91 Å². The molecule has 0 atom stereocenters. The Morgan fingerprint density at radius 3 is 2.48 bits per heavy atom. The first-order chi connectivity index (χ1) is 10.0. The van der Waals surface area contributed by atoms with E-state index < -0.39 is 0 Å². The Morgan fingerprint density at radius 2 is 1.81 bits per heavy atom. The van der Waals surface area contributed by atoms with Gasteiger partial charge in [-0.2, -0.15) is 0 Å². The summed E-state index contributed by atoms with van der Waals surface area (Å²) in [7, 11) is 0. The van der Waals surface area contributed by atoms with Crippen molar-refractivity contribution in [3.05, 3.63) is 35.6 Å². The highest BCUT2D eigenvalue weighted by molar-refractivity contribution is 5.98. The molecule has 0 spiro atoms.